The Labute approximate surface area is 196 Å². The predicted molar refractivity (Wildman–Crippen MR) is 129 cm³/mol. The molecule has 8 heteroatoms. The van der Waals surface area contributed by atoms with Crippen molar-refractivity contribution < 1.29 is 14.0 Å². The Morgan fingerprint density at radius 1 is 1.06 bits per heavy atom. The van der Waals surface area contributed by atoms with Crippen molar-refractivity contribution in [2.24, 2.45) is 0 Å². The van der Waals surface area contributed by atoms with Crippen molar-refractivity contribution in [3.8, 4) is 5.69 Å². The SMILES string of the molecule is CCc1ccc(NC(=O)CSc2nccn2-c2ccc(C(=O)NCc3ccco3)cc2)cc1. The van der Waals surface area contributed by atoms with Gasteiger partial charge in [0.15, 0.2) is 5.16 Å². The van der Waals surface area contributed by atoms with E-state index in [0.717, 1.165) is 17.8 Å². The molecule has 0 atom stereocenters. The number of thioether (sulfide) groups is 1. The lowest BCUT2D eigenvalue weighted by Crippen LogP contribution is -2.22. The molecule has 0 aliphatic heterocycles. The van der Waals surface area contributed by atoms with Crippen LogP contribution in [0.3, 0.4) is 0 Å². The molecule has 0 radical (unpaired) electrons. The minimum atomic E-state index is -0.179. The summed E-state index contributed by atoms with van der Waals surface area (Å²) >= 11 is 1.35. The summed E-state index contributed by atoms with van der Waals surface area (Å²) in [6, 6.07) is 18.7. The number of carbonyl (C=O) groups excluding carboxylic acids is 2. The number of anilines is 1. The van der Waals surface area contributed by atoms with Gasteiger partial charge in [0.05, 0.1) is 18.6 Å². The molecule has 0 saturated heterocycles. The van der Waals surface area contributed by atoms with E-state index in [-0.39, 0.29) is 17.6 Å². The van der Waals surface area contributed by atoms with Crippen molar-refractivity contribution in [3.05, 3.63) is 96.2 Å². The van der Waals surface area contributed by atoms with Gasteiger partial charge < -0.3 is 15.1 Å². The first kappa shape index (κ1) is 22.4. The fraction of sp³-hybridized carbons (Fsp3) is 0.160. The molecule has 0 aliphatic rings. The van der Waals surface area contributed by atoms with E-state index in [1.807, 2.05) is 53.2 Å². The number of carbonyl (C=O) groups is 2. The van der Waals surface area contributed by atoms with Crippen LogP contribution >= 0.6 is 11.8 Å². The van der Waals surface area contributed by atoms with Crippen molar-refractivity contribution >= 4 is 29.3 Å². The predicted octanol–water partition coefficient (Wildman–Crippen LogP) is 4.69. The van der Waals surface area contributed by atoms with Crippen LogP contribution in [0.1, 0.15) is 28.6 Å². The molecule has 2 amide bonds. The maximum atomic E-state index is 12.4. The number of hydrogen-bond acceptors (Lipinski definition) is 5. The maximum Gasteiger partial charge on any atom is 0.251 e. The quantitative estimate of drug-likeness (QED) is 0.354. The number of amides is 2. The van der Waals surface area contributed by atoms with Crippen LogP contribution in [0.4, 0.5) is 5.69 Å². The lowest BCUT2D eigenvalue weighted by atomic mass is 10.1. The second-order valence-electron chi connectivity index (χ2n) is 7.28. The zero-order valence-electron chi connectivity index (χ0n) is 18.2. The molecule has 168 valence electrons. The highest BCUT2D eigenvalue weighted by Gasteiger charge is 2.11. The average Bonchev–Trinajstić information content (AvgIpc) is 3.54. The number of nitrogens with one attached hydrogen (secondary N) is 2. The first-order valence-corrected chi connectivity index (χ1v) is 11.6. The highest BCUT2D eigenvalue weighted by Crippen LogP contribution is 2.21. The summed E-state index contributed by atoms with van der Waals surface area (Å²) in [6.07, 6.45) is 6.05. The lowest BCUT2D eigenvalue weighted by molar-refractivity contribution is -0.113. The molecule has 0 saturated carbocycles. The van der Waals surface area contributed by atoms with Gasteiger partial charge in [-0.1, -0.05) is 30.8 Å². The zero-order valence-corrected chi connectivity index (χ0v) is 19.0. The highest BCUT2D eigenvalue weighted by atomic mass is 32.2. The Kier molecular flexibility index (Phi) is 7.26. The van der Waals surface area contributed by atoms with Crippen LogP contribution in [-0.2, 0) is 17.8 Å². The van der Waals surface area contributed by atoms with Gasteiger partial charge in [0.25, 0.3) is 5.91 Å². The van der Waals surface area contributed by atoms with E-state index in [2.05, 4.69) is 22.5 Å². The van der Waals surface area contributed by atoms with E-state index in [1.165, 1.54) is 17.3 Å². The Morgan fingerprint density at radius 3 is 2.55 bits per heavy atom. The van der Waals surface area contributed by atoms with E-state index in [1.54, 1.807) is 30.7 Å². The van der Waals surface area contributed by atoms with Gasteiger partial charge in [0.1, 0.15) is 5.76 Å². The van der Waals surface area contributed by atoms with Crippen molar-refractivity contribution in [2.45, 2.75) is 25.0 Å². The molecule has 4 aromatic rings. The smallest absolute Gasteiger partial charge is 0.251 e. The van der Waals surface area contributed by atoms with E-state index < -0.39 is 0 Å². The number of benzene rings is 2. The second-order valence-corrected chi connectivity index (χ2v) is 8.22. The minimum Gasteiger partial charge on any atom is -0.467 e. The van der Waals surface area contributed by atoms with Crippen molar-refractivity contribution in [1.29, 1.82) is 0 Å². The van der Waals surface area contributed by atoms with Crippen LogP contribution in [0.2, 0.25) is 0 Å². The number of furan rings is 1. The molecule has 2 aromatic heterocycles. The minimum absolute atomic E-state index is 0.0950. The molecule has 0 bridgehead atoms. The third-order valence-corrected chi connectivity index (χ3v) is 5.96. The number of imidazole rings is 1. The molecule has 0 spiro atoms. The van der Waals surface area contributed by atoms with Crippen LogP contribution in [0.25, 0.3) is 5.69 Å². The second kappa shape index (κ2) is 10.7. The fourth-order valence-corrected chi connectivity index (χ4v) is 3.97. The molecular weight excluding hydrogens is 436 g/mol. The fourth-order valence-electron chi connectivity index (χ4n) is 3.20. The normalized spacial score (nSPS) is 10.7. The molecule has 7 nitrogen and oxygen atoms in total. The van der Waals surface area contributed by atoms with Gasteiger partial charge in [0.2, 0.25) is 5.91 Å². The Balaban J connectivity index is 1.33. The van der Waals surface area contributed by atoms with E-state index >= 15 is 0 Å². The van der Waals surface area contributed by atoms with Crippen LogP contribution in [0, 0.1) is 0 Å². The van der Waals surface area contributed by atoms with Gasteiger partial charge in [-0.3, -0.25) is 14.2 Å². The molecule has 33 heavy (non-hydrogen) atoms. The van der Waals surface area contributed by atoms with Crippen LogP contribution < -0.4 is 10.6 Å². The number of rotatable bonds is 9. The summed E-state index contributed by atoms with van der Waals surface area (Å²) in [6.45, 7) is 2.43. The Bertz CT molecular complexity index is 1200. The van der Waals surface area contributed by atoms with Crippen molar-refractivity contribution in [2.75, 3.05) is 11.1 Å². The Hall–Kier alpha value is -3.78. The average molecular weight is 461 g/mol. The topological polar surface area (TPSA) is 89.2 Å². The Morgan fingerprint density at radius 2 is 1.85 bits per heavy atom. The third kappa shape index (κ3) is 5.93. The van der Waals surface area contributed by atoms with Gasteiger partial charge in [-0.05, 0) is 60.5 Å². The standard InChI is InChI=1S/C25H24N4O3S/c1-2-18-5-9-20(10-6-18)28-23(30)17-33-25-26-13-14-29(25)21-11-7-19(8-12-21)24(31)27-16-22-4-3-15-32-22/h3-15H,2,16-17H2,1H3,(H,27,31)(H,28,30). The lowest BCUT2D eigenvalue weighted by Gasteiger charge is -2.09. The molecule has 4 rings (SSSR count). The largest absolute Gasteiger partial charge is 0.467 e. The van der Waals surface area contributed by atoms with Crippen LogP contribution in [0.15, 0.2) is 88.9 Å². The number of aryl methyl sites for hydroxylation is 1. The first-order valence-electron chi connectivity index (χ1n) is 10.6. The summed E-state index contributed by atoms with van der Waals surface area (Å²) in [5.74, 6) is 0.658. The number of aromatic nitrogens is 2. The van der Waals surface area contributed by atoms with Gasteiger partial charge in [-0.2, -0.15) is 0 Å². The summed E-state index contributed by atoms with van der Waals surface area (Å²) in [5.41, 5.74) is 3.41. The van der Waals surface area contributed by atoms with Gasteiger partial charge in [-0.15, -0.1) is 0 Å². The maximum absolute atomic E-state index is 12.4. The zero-order chi connectivity index (χ0) is 23.0. The number of hydrogen-bond donors (Lipinski definition) is 2. The monoisotopic (exact) mass is 460 g/mol. The number of nitrogens with zero attached hydrogens (tertiary/aromatic N) is 2. The summed E-state index contributed by atoms with van der Waals surface area (Å²) in [4.78, 5) is 29.1. The summed E-state index contributed by atoms with van der Waals surface area (Å²) < 4.78 is 7.11. The molecule has 0 fully saturated rings. The van der Waals surface area contributed by atoms with Crippen LogP contribution in [-0.4, -0.2) is 27.1 Å². The van der Waals surface area contributed by atoms with Gasteiger partial charge >= 0.3 is 0 Å². The van der Waals surface area contributed by atoms with E-state index in [0.29, 0.717) is 23.0 Å². The molecule has 0 unspecified atom stereocenters. The van der Waals surface area contributed by atoms with Crippen molar-refractivity contribution in [1.82, 2.24) is 14.9 Å². The van der Waals surface area contributed by atoms with Crippen LogP contribution in [0.5, 0.6) is 0 Å². The van der Waals surface area contributed by atoms with Gasteiger partial charge in [0, 0.05) is 29.3 Å². The molecule has 2 heterocycles. The summed E-state index contributed by atoms with van der Waals surface area (Å²) in [7, 11) is 0. The highest BCUT2D eigenvalue weighted by molar-refractivity contribution is 7.99. The van der Waals surface area contributed by atoms with Crippen molar-refractivity contribution in [3.63, 3.8) is 0 Å². The van der Waals surface area contributed by atoms with E-state index in [4.69, 9.17) is 4.42 Å². The van der Waals surface area contributed by atoms with Gasteiger partial charge in [-0.25, -0.2) is 4.98 Å². The molecule has 2 aromatic carbocycles. The molecule has 2 N–H and O–H groups in total. The third-order valence-electron chi connectivity index (χ3n) is 5.00. The summed E-state index contributed by atoms with van der Waals surface area (Å²) in [5, 5.41) is 6.43. The van der Waals surface area contributed by atoms with E-state index in [9.17, 15) is 9.59 Å². The first-order chi connectivity index (χ1) is 16.1. The molecule has 0 aliphatic carbocycles. The molecular formula is C25H24N4O3S.